The van der Waals surface area contributed by atoms with Gasteiger partial charge in [0.05, 0.1) is 14.2 Å². The van der Waals surface area contributed by atoms with Crippen molar-refractivity contribution in [3.05, 3.63) is 23.8 Å². The fraction of sp³-hybridized carbons (Fsp3) is 0.625. The number of halogens is 1. The summed E-state index contributed by atoms with van der Waals surface area (Å²) >= 11 is 0. The molecule has 1 aromatic carbocycles. The molecule has 1 aromatic rings. The van der Waals surface area contributed by atoms with Crippen LogP contribution in [0.15, 0.2) is 18.2 Å². The first-order valence-electron chi connectivity index (χ1n) is 7.19. The number of hydrogen-bond donors (Lipinski definition) is 1. The maximum Gasteiger partial charge on any atom is 0.127 e. The second kappa shape index (κ2) is 8.53. The van der Waals surface area contributed by atoms with E-state index in [-0.39, 0.29) is 17.0 Å². The van der Waals surface area contributed by atoms with Crippen LogP contribution < -0.4 is 14.8 Å². The number of benzene rings is 1. The molecule has 1 aliphatic rings. The number of nitrogens with one attached hydrogen (secondary N) is 1. The topological polar surface area (TPSA) is 30.5 Å². The van der Waals surface area contributed by atoms with E-state index in [1.165, 1.54) is 31.2 Å². The number of rotatable bonds is 5. The van der Waals surface area contributed by atoms with Crippen molar-refractivity contribution in [3.63, 3.8) is 0 Å². The molecule has 0 heterocycles. The molecule has 114 valence electrons. The number of hydrogen-bond acceptors (Lipinski definition) is 3. The van der Waals surface area contributed by atoms with Crippen molar-refractivity contribution < 1.29 is 9.47 Å². The van der Waals surface area contributed by atoms with Crippen LogP contribution in [0.4, 0.5) is 0 Å². The Morgan fingerprint density at radius 2 is 1.90 bits per heavy atom. The van der Waals surface area contributed by atoms with Gasteiger partial charge in [0, 0.05) is 24.2 Å². The van der Waals surface area contributed by atoms with Crippen LogP contribution in [-0.2, 0) is 6.54 Å². The highest BCUT2D eigenvalue weighted by Crippen LogP contribution is 2.27. The predicted octanol–water partition coefficient (Wildman–Crippen LogP) is 3.95. The Hall–Kier alpha value is -0.740. The molecule has 2 atom stereocenters. The lowest BCUT2D eigenvalue weighted by Crippen LogP contribution is -2.36. The van der Waals surface area contributed by atoms with Crippen molar-refractivity contribution in [2.24, 2.45) is 5.92 Å². The Balaban J connectivity index is 0.00000200. The van der Waals surface area contributed by atoms with Gasteiger partial charge in [0.15, 0.2) is 0 Å². The van der Waals surface area contributed by atoms with Gasteiger partial charge in [-0.15, -0.1) is 17.0 Å². The Morgan fingerprint density at radius 1 is 1.15 bits per heavy atom. The molecule has 3 nitrogen and oxygen atoms in total. The Morgan fingerprint density at radius 3 is 2.55 bits per heavy atom. The minimum atomic E-state index is 0. The van der Waals surface area contributed by atoms with Crippen molar-refractivity contribution in [3.8, 4) is 11.5 Å². The summed E-state index contributed by atoms with van der Waals surface area (Å²) in [7, 11) is 3.39. The van der Waals surface area contributed by atoms with Crippen LogP contribution in [0.1, 0.15) is 38.2 Å². The molecule has 1 saturated carbocycles. The van der Waals surface area contributed by atoms with Crippen molar-refractivity contribution in [2.45, 2.75) is 45.2 Å². The van der Waals surface area contributed by atoms with Crippen LogP contribution in [0.3, 0.4) is 0 Å². The zero-order valence-corrected chi connectivity index (χ0v) is 14.4. The monoisotopic (exact) mass is 343 g/mol. The summed E-state index contributed by atoms with van der Waals surface area (Å²) in [6.45, 7) is 3.21. The highest BCUT2D eigenvalue weighted by atomic mass is 79.9. The highest BCUT2D eigenvalue weighted by molar-refractivity contribution is 8.93. The second-order valence-corrected chi connectivity index (χ2v) is 5.43. The SMILES string of the molecule is Br.COc1ccc(CNC2CCCCC2C)c(OC)c1. The lowest BCUT2D eigenvalue weighted by atomic mass is 9.86. The van der Waals surface area contributed by atoms with Gasteiger partial charge < -0.3 is 14.8 Å². The molecule has 0 aliphatic heterocycles. The van der Waals surface area contributed by atoms with Gasteiger partial charge in [-0.3, -0.25) is 0 Å². The normalized spacial score (nSPS) is 21.9. The number of ether oxygens (including phenoxy) is 2. The third-order valence-corrected chi connectivity index (χ3v) is 4.16. The fourth-order valence-electron chi connectivity index (χ4n) is 2.86. The first-order valence-corrected chi connectivity index (χ1v) is 7.19. The molecule has 4 heteroatoms. The van der Waals surface area contributed by atoms with Crippen molar-refractivity contribution in [1.29, 1.82) is 0 Å². The molecular formula is C16H26BrNO2. The lowest BCUT2D eigenvalue weighted by Gasteiger charge is -2.30. The summed E-state index contributed by atoms with van der Waals surface area (Å²) in [5, 5.41) is 3.68. The molecule has 0 spiro atoms. The number of methoxy groups -OCH3 is 2. The van der Waals surface area contributed by atoms with E-state index in [1.807, 2.05) is 12.1 Å². The largest absolute Gasteiger partial charge is 0.497 e. The first kappa shape index (κ1) is 17.3. The molecule has 0 aromatic heterocycles. The van der Waals surface area contributed by atoms with Gasteiger partial charge in [-0.2, -0.15) is 0 Å². The molecule has 0 bridgehead atoms. The summed E-state index contributed by atoms with van der Waals surface area (Å²) in [5.74, 6) is 2.51. The molecule has 1 aliphatic carbocycles. The third kappa shape index (κ3) is 4.38. The van der Waals surface area contributed by atoms with Gasteiger partial charge in [-0.1, -0.05) is 25.8 Å². The Kier molecular flexibility index (Phi) is 7.38. The van der Waals surface area contributed by atoms with Gasteiger partial charge in [-0.25, -0.2) is 0 Å². The predicted molar refractivity (Wildman–Crippen MR) is 88.1 cm³/mol. The van der Waals surface area contributed by atoms with Gasteiger partial charge in [0.25, 0.3) is 0 Å². The average Bonchev–Trinajstić information content (AvgIpc) is 2.46. The van der Waals surface area contributed by atoms with E-state index in [1.54, 1.807) is 14.2 Å². The van der Waals surface area contributed by atoms with E-state index >= 15 is 0 Å². The zero-order chi connectivity index (χ0) is 13.7. The van der Waals surface area contributed by atoms with Crippen LogP contribution in [0, 0.1) is 5.92 Å². The molecule has 0 radical (unpaired) electrons. The summed E-state index contributed by atoms with van der Waals surface area (Å²) in [6, 6.07) is 6.66. The minimum Gasteiger partial charge on any atom is -0.497 e. The van der Waals surface area contributed by atoms with Crippen LogP contribution in [0.2, 0.25) is 0 Å². The maximum atomic E-state index is 5.43. The summed E-state index contributed by atoms with van der Waals surface area (Å²) in [6.07, 6.45) is 5.37. The Labute approximate surface area is 132 Å². The Bertz CT molecular complexity index is 411. The molecular weight excluding hydrogens is 318 g/mol. The van der Waals surface area contributed by atoms with Crippen molar-refractivity contribution >= 4 is 17.0 Å². The van der Waals surface area contributed by atoms with Crippen LogP contribution in [0.5, 0.6) is 11.5 Å². The molecule has 0 amide bonds. The fourth-order valence-corrected chi connectivity index (χ4v) is 2.86. The van der Waals surface area contributed by atoms with E-state index in [9.17, 15) is 0 Å². The lowest BCUT2D eigenvalue weighted by molar-refractivity contribution is 0.278. The summed E-state index contributed by atoms with van der Waals surface area (Å²) in [4.78, 5) is 0. The average molecular weight is 344 g/mol. The van der Waals surface area contributed by atoms with E-state index in [0.29, 0.717) is 6.04 Å². The van der Waals surface area contributed by atoms with Crippen LogP contribution in [0.25, 0.3) is 0 Å². The maximum absolute atomic E-state index is 5.43. The quantitative estimate of drug-likeness (QED) is 0.877. The molecule has 0 saturated heterocycles. The van der Waals surface area contributed by atoms with Gasteiger partial charge in [0.1, 0.15) is 11.5 Å². The molecule has 20 heavy (non-hydrogen) atoms. The minimum absolute atomic E-state index is 0. The van der Waals surface area contributed by atoms with Gasteiger partial charge in [0.2, 0.25) is 0 Å². The van der Waals surface area contributed by atoms with Crippen molar-refractivity contribution in [1.82, 2.24) is 5.32 Å². The van der Waals surface area contributed by atoms with Crippen LogP contribution in [-0.4, -0.2) is 20.3 Å². The van der Waals surface area contributed by atoms with E-state index < -0.39 is 0 Å². The highest BCUT2D eigenvalue weighted by Gasteiger charge is 2.20. The smallest absolute Gasteiger partial charge is 0.127 e. The van der Waals surface area contributed by atoms with Gasteiger partial charge in [-0.05, 0) is 24.8 Å². The van der Waals surface area contributed by atoms with E-state index in [0.717, 1.165) is 24.0 Å². The summed E-state index contributed by atoms with van der Waals surface area (Å²) < 4.78 is 10.7. The van der Waals surface area contributed by atoms with E-state index in [4.69, 9.17) is 9.47 Å². The third-order valence-electron chi connectivity index (χ3n) is 4.16. The first-order chi connectivity index (χ1) is 9.24. The van der Waals surface area contributed by atoms with Crippen LogP contribution >= 0.6 is 17.0 Å². The molecule has 2 rings (SSSR count). The van der Waals surface area contributed by atoms with Crippen molar-refractivity contribution in [2.75, 3.05) is 14.2 Å². The molecule has 2 unspecified atom stereocenters. The second-order valence-electron chi connectivity index (χ2n) is 5.43. The standard InChI is InChI=1S/C16H25NO2.BrH/c1-12-6-4-5-7-15(12)17-11-13-8-9-14(18-2)10-16(13)19-3;/h8-10,12,15,17H,4-7,11H2,1-3H3;1H. The zero-order valence-electron chi connectivity index (χ0n) is 12.6. The summed E-state index contributed by atoms with van der Waals surface area (Å²) in [5.41, 5.74) is 1.20. The van der Waals surface area contributed by atoms with Gasteiger partial charge >= 0.3 is 0 Å². The molecule has 1 N–H and O–H groups in total. The van der Waals surface area contributed by atoms with E-state index in [2.05, 4.69) is 18.3 Å². The molecule has 1 fully saturated rings.